The fourth-order valence-electron chi connectivity index (χ4n) is 0.387. The van der Waals surface area contributed by atoms with Crippen LogP contribution in [-0.4, -0.2) is 15.4 Å². The van der Waals surface area contributed by atoms with Gasteiger partial charge in [-0.3, -0.25) is 0 Å². The van der Waals surface area contributed by atoms with Gasteiger partial charge in [0.25, 0.3) is 0 Å². The number of rotatable bonds is 0. The molecule has 6 heteroatoms. The maximum Gasteiger partial charge on any atom is 1.00 e. The van der Waals surface area contributed by atoms with Gasteiger partial charge in [-0.25, -0.2) is 0 Å². The molecule has 0 spiro atoms. The standard InChI is InChI=1S/C4HN5.Li.H/c5-1-3-4(2-6)8-9-7-3;;/h(H,7,8,9);;/q;+1;-1. The molecule has 0 atom stereocenters. The average Bonchev–Trinajstić information content (AvgIpc) is 2.33. The minimum absolute atomic E-state index is 0. The third kappa shape index (κ3) is 1.36. The number of nitriles is 2. The summed E-state index contributed by atoms with van der Waals surface area (Å²) >= 11 is 0. The Balaban J connectivity index is 0. The third-order valence-corrected chi connectivity index (χ3v) is 0.760. The fraction of sp³-hybridized carbons (Fsp3) is 0. The van der Waals surface area contributed by atoms with E-state index in [9.17, 15) is 0 Å². The summed E-state index contributed by atoms with van der Waals surface area (Å²) in [7, 11) is 0. The predicted octanol–water partition coefficient (Wildman–Crippen LogP) is -3.34. The predicted molar refractivity (Wildman–Crippen MR) is 26.9 cm³/mol. The van der Waals surface area contributed by atoms with Crippen LogP contribution in [0.25, 0.3) is 0 Å². The number of hydrogen-bond donors (Lipinski definition) is 1. The van der Waals surface area contributed by atoms with Crippen molar-refractivity contribution < 1.29 is 20.3 Å². The second kappa shape index (κ2) is 3.69. The summed E-state index contributed by atoms with van der Waals surface area (Å²) < 4.78 is 0. The fourth-order valence-corrected chi connectivity index (χ4v) is 0.387. The van der Waals surface area contributed by atoms with Gasteiger partial charge in [-0.05, 0) is 0 Å². The zero-order valence-electron chi connectivity index (χ0n) is 6.29. The van der Waals surface area contributed by atoms with E-state index < -0.39 is 0 Å². The first-order valence-corrected chi connectivity index (χ1v) is 2.09. The molecular weight excluding hydrogens is 125 g/mol. The summed E-state index contributed by atoms with van der Waals surface area (Å²) in [4.78, 5) is 0. The van der Waals surface area contributed by atoms with Crippen molar-refractivity contribution in [1.82, 2.24) is 15.4 Å². The number of nitrogens with zero attached hydrogens (tertiary/aromatic N) is 4. The van der Waals surface area contributed by atoms with E-state index in [4.69, 9.17) is 10.5 Å². The zero-order valence-corrected chi connectivity index (χ0v) is 5.29. The molecule has 0 amide bonds. The van der Waals surface area contributed by atoms with Crippen LogP contribution in [0.3, 0.4) is 0 Å². The first kappa shape index (κ1) is 8.72. The molecule has 0 aliphatic heterocycles. The topological polar surface area (TPSA) is 89.2 Å². The van der Waals surface area contributed by atoms with Crippen LogP contribution in [-0.2, 0) is 0 Å². The van der Waals surface area contributed by atoms with Crippen molar-refractivity contribution in [3.8, 4) is 12.1 Å². The van der Waals surface area contributed by atoms with Gasteiger partial charge in [-0.15, -0.1) is 10.2 Å². The van der Waals surface area contributed by atoms with Crippen molar-refractivity contribution in [2.75, 3.05) is 0 Å². The van der Waals surface area contributed by atoms with E-state index in [1.54, 1.807) is 12.1 Å². The van der Waals surface area contributed by atoms with Gasteiger partial charge in [0.15, 0.2) is 0 Å². The normalized spacial score (nSPS) is 7.00. The first-order chi connectivity index (χ1) is 4.38. The summed E-state index contributed by atoms with van der Waals surface area (Å²) in [5.41, 5.74) is 0.0787. The molecule has 1 rings (SSSR count). The van der Waals surface area contributed by atoms with Gasteiger partial charge in [0.2, 0.25) is 11.4 Å². The van der Waals surface area contributed by atoms with Gasteiger partial charge >= 0.3 is 18.9 Å². The molecule has 0 aliphatic carbocycles. The molecule has 0 saturated heterocycles. The van der Waals surface area contributed by atoms with Crippen LogP contribution in [0, 0.1) is 22.7 Å². The number of hydrogen-bond acceptors (Lipinski definition) is 4. The Morgan fingerprint density at radius 1 is 1.20 bits per heavy atom. The number of aromatic nitrogens is 3. The third-order valence-electron chi connectivity index (χ3n) is 0.760. The van der Waals surface area contributed by atoms with Gasteiger partial charge in [0, 0.05) is 0 Å². The summed E-state index contributed by atoms with van der Waals surface area (Å²) in [6.45, 7) is 0. The Morgan fingerprint density at radius 2 is 1.60 bits per heavy atom. The van der Waals surface area contributed by atoms with Crippen LogP contribution in [0.4, 0.5) is 0 Å². The molecule has 1 N–H and O–H groups in total. The van der Waals surface area contributed by atoms with E-state index >= 15 is 0 Å². The van der Waals surface area contributed by atoms with Crippen LogP contribution < -0.4 is 18.9 Å². The largest absolute Gasteiger partial charge is 1.00 e. The molecule has 1 heterocycles. The zero-order chi connectivity index (χ0) is 6.69. The van der Waals surface area contributed by atoms with Gasteiger partial charge in [-0.1, -0.05) is 0 Å². The monoisotopic (exact) mass is 127 g/mol. The summed E-state index contributed by atoms with van der Waals surface area (Å²) in [6.07, 6.45) is 0. The van der Waals surface area contributed by atoms with E-state index in [2.05, 4.69) is 15.4 Å². The molecule has 10 heavy (non-hydrogen) atoms. The maximum absolute atomic E-state index is 8.21. The Bertz CT molecular complexity index is 266. The Morgan fingerprint density at radius 3 is 1.90 bits per heavy atom. The molecule has 5 nitrogen and oxygen atoms in total. The molecular formula is C4H2LiN5. The van der Waals surface area contributed by atoms with E-state index in [-0.39, 0.29) is 31.7 Å². The van der Waals surface area contributed by atoms with Gasteiger partial charge in [-0.2, -0.15) is 15.7 Å². The van der Waals surface area contributed by atoms with Gasteiger partial charge < -0.3 is 1.43 Å². The Kier molecular flexibility index (Phi) is 3.21. The van der Waals surface area contributed by atoms with E-state index in [1.807, 2.05) is 0 Å². The van der Waals surface area contributed by atoms with Crippen molar-refractivity contribution in [2.24, 2.45) is 0 Å². The van der Waals surface area contributed by atoms with Gasteiger partial charge in [0.05, 0.1) is 0 Å². The van der Waals surface area contributed by atoms with Crippen molar-refractivity contribution >= 4 is 0 Å². The maximum atomic E-state index is 8.21. The Hall–Kier alpha value is -1.28. The minimum Gasteiger partial charge on any atom is -1.00 e. The van der Waals surface area contributed by atoms with Crippen LogP contribution in [0.2, 0.25) is 0 Å². The van der Waals surface area contributed by atoms with E-state index in [1.165, 1.54) is 0 Å². The van der Waals surface area contributed by atoms with Crippen LogP contribution >= 0.6 is 0 Å². The van der Waals surface area contributed by atoms with E-state index in [0.29, 0.717) is 0 Å². The molecule has 1 aromatic rings. The number of aromatic amines is 1. The Labute approximate surface area is 70.3 Å². The summed E-state index contributed by atoms with van der Waals surface area (Å²) in [5.74, 6) is 0. The first-order valence-electron chi connectivity index (χ1n) is 2.09. The second-order valence-corrected chi connectivity index (χ2v) is 1.24. The average molecular weight is 127 g/mol. The smallest absolute Gasteiger partial charge is 1.00 e. The van der Waals surface area contributed by atoms with Gasteiger partial charge in [0.1, 0.15) is 12.1 Å². The SMILES string of the molecule is N#Cc1n[nH]nc1C#N.[H-].[Li+]. The van der Waals surface area contributed by atoms with Crippen LogP contribution in [0.5, 0.6) is 0 Å². The van der Waals surface area contributed by atoms with Crippen LogP contribution in [0.1, 0.15) is 12.8 Å². The molecule has 0 aliphatic rings. The van der Waals surface area contributed by atoms with Crippen molar-refractivity contribution in [1.29, 1.82) is 10.5 Å². The van der Waals surface area contributed by atoms with Crippen molar-refractivity contribution in [2.45, 2.75) is 0 Å². The molecule has 0 fully saturated rings. The molecule has 1 aromatic heterocycles. The van der Waals surface area contributed by atoms with Crippen molar-refractivity contribution in [3.05, 3.63) is 11.4 Å². The minimum atomic E-state index is 0. The second-order valence-electron chi connectivity index (χ2n) is 1.24. The number of H-pyrrole nitrogens is 1. The quantitative estimate of drug-likeness (QED) is 0.369. The summed E-state index contributed by atoms with van der Waals surface area (Å²) in [5, 5.41) is 25.4. The summed E-state index contributed by atoms with van der Waals surface area (Å²) in [6, 6.07) is 3.40. The van der Waals surface area contributed by atoms with Crippen molar-refractivity contribution in [3.63, 3.8) is 0 Å². The molecule has 0 aromatic carbocycles. The molecule has 0 saturated carbocycles. The van der Waals surface area contributed by atoms with Crippen LogP contribution in [0.15, 0.2) is 0 Å². The van der Waals surface area contributed by atoms with E-state index in [0.717, 1.165) is 0 Å². The molecule has 0 unspecified atom stereocenters. The molecule has 0 bridgehead atoms. The molecule has 44 valence electrons. The molecule has 0 radical (unpaired) electrons. The number of nitrogens with one attached hydrogen (secondary N) is 1.